The summed E-state index contributed by atoms with van der Waals surface area (Å²) in [4.78, 5) is 5.40. The summed E-state index contributed by atoms with van der Waals surface area (Å²) in [5.41, 5.74) is 10.2. The Labute approximate surface area is 65.6 Å². The van der Waals surface area contributed by atoms with E-state index in [1.165, 1.54) is 0 Å². The van der Waals surface area contributed by atoms with Crippen LogP contribution in [0.2, 0.25) is 0 Å². The molecule has 1 aliphatic rings. The Morgan fingerprint density at radius 1 is 1.55 bits per heavy atom. The molecule has 0 unspecified atom stereocenters. The molecule has 0 saturated heterocycles. The van der Waals surface area contributed by atoms with E-state index in [0.29, 0.717) is 6.04 Å². The fourth-order valence-corrected chi connectivity index (χ4v) is 0.836. The zero-order chi connectivity index (χ0) is 8.43. The molecule has 0 heterocycles. The Morgan fingerprint density at radius 3 is 2.45 bits per heavy atom. The van der Waals surface area contributed by atoms with E-state index in [2.05, 4.69) is 4.99 Å². The minimum atomic E-state index is -0.0532. The Morgan fingerprint density at radius 2 is 2.09 bits per heavy atom. The van der Waals surface area contributed by atoms with Gasteiger partial charge in [0.1, 0.15) is 0 Å². The molecule has 0 aromatic carbocycles. The van der Waals surface area contributed by atoms with Gasteiger partial charge in [0.2, 0.25) is 5.96 Å². The minimum Gasteiger partial charge on any atom is -0.370 e. The molecule has 0 radical (unpaired) electrons. The van der Waals surface area contributed by atoms with Crippen LogP contribution in [0.5, 0.6) is 0 Å². The average molecular weight is 155 g/mol. The molecule has 1 saturated carbocycles. The SMILES string of the molecule is CN(C(=N)N=C(N)N)C1CC1. The lowest BCUT2D eigenvalue weighted by Gasteiger charge is -2.14. The summed E-state index contributed by atoms with van der Waals surface area (Å²) in [5, 5.41) is 7.37. The van der Waals surface area contributed by atoms with E-state index in [4.69, 9.17) is 16.9 Å². The van der Waals surface area contributed by atoms with Gasteiger partial charge in [0.15, 0.2) is 5.96 Å². The second-order valence-corrected chi connectivity index (χ2v) is 2.70. The normalized spacial score (nSPS) is 15.7. The zero-order valence-corrected chi connectivity index (χ0v) is 6.54. The van der Waals surface area contributed by atoms with Crippen molar-refractivity contribution in [3.05, 3.63) is 0 Å². The Kier molecular flexibility index (Phi) is 1.98. The molecule has 0 aromatic rings. The van der Waals surface area contributed by atoms with Crippen LogP contribution in [0.15, 0.2) is 4.99 Å². The fraction of sp³-hybridized carbons (Fsp3) is 0.667. The zero-order valence-electron chi connectivity index (χ0n) is 6.54. The van der Waals surface area contributed by atoms with Crippen molar-refractivity contribution in [2.45, 2.75) is 18.9 Å². The van der Waals surface area contributed by atoms with Crippen LogP contribution < -0.4 is 11.5 Å². The fourth-order valence-electron chi connectivity index (χ4n) is 0.836. The molecule has 1 fully saturated rings. The van der Waals surface area contributed by atoms with E-state index >= 15 is 0 Å². The predicted octanol–water partition coefficient (Wildman–Crippen LogP) is -0.711. The van der Waals surface area contributed by atoms with Gasteiger partial charge in [-0.05, 0) is 12.8 Å². The monoisotopic (exact) mass is 155 g/mol. The molecule has 1 rings (SSSR count). The third-order valence-electron chi connectivity index (χ3n) is 1.66. The van der Waals surface area contributed by atoms with Gasteiger partial charge in [0, 0.05) is 13.1 Å². The summed E-state index contributed by atoms with van der Waals surface area (Å²) in [6.07, 6.45) is 2.28. The maximum absolute atomic E-state index is 7.37. The summed E-state index contributed by atoms with van der Waals surface area (Å²) in [6, 6.07) is 0.477. The number of hydrogen-bond donors (Lipinski definition) is 3. The molecular formula is C6H13N5. The quantitative estimate of drug-likeness (QED) is 0.345. The first-order valence-corrected chi connectivity index (χ1v) is 3.52. The summed E-state index contributed by atoms with van der Waals surface area (Å²) in [7, 11) is 1.83. The number of hydrogen-bond acceptors (Lipinski definition) is 1. The van der Waals surface area contributed by atoms with Gasteiger partial charge in [-0.2, -0.15) is 4.99 Å². The summed E-state index contributed by atoms with van der Waals surface area (Å²) in [6.45, 7) is 0. The van der Waals surface area contributed by atoms with Crippen LogP contribution in [0.4, 0.5) is 0 Å². The molecule has 5 nitrogen and oxygen atoms in total. The van der Waals surface area contributed by atoms with Crippen molar-refractivity contribution in [2.75, 3.05) is 7.05 Å². The highest BCUT2D eigenvalue weighted by molar-refractivity contribution is 5.91. The average Bonchev–Trinajstić information content (AvgIpc) is 2.65. The van der Waals surface area contributed by atoms with Crippen molar-refractivity contribution < 1.29 is 0 Å². The van der Waals surface area contributed by atoms with Gasteiger partial charge in [-0.15, -0.1) is 0 Å². The molecule has 11 heavy (non-hydrogen) atoms. The number of rotatable bonds is 1. The summed E-state index contributed by atoms with van der Waals surface area (Å²) < 4.78 is 0. The first-order valence-electron chi connectivity index (χ1n) is 3.52. The lowest BCUT2D eigenvalue weighted by atomic mass is 10.6. The highest BCUT2D eigenvalue weighted by Crippen LogP contribution is 2.25. The molecule has 1 aliphatic carbocycles. The van der Waals surface area contributed by atoms with Crippen molar-refractivity contribution in [1.29, 1.82) is 5.41 Å². The van der Waals surface area contributed by atoms with Gasteiger partial charge in [0.05, 0.1) is 0 Å². The van der Waals surface area contributed by atoms with E-state index in [0.717, 1.165) is 12.8 Å². The Hall–Kier alpha value is -1.26. The minimum absolute atomic E-state index is 0.0532. The lowest BCUT2D eigenvalue weighted by molar-refractivity contribution is 0.487. The van der Waals surface area contributed by atoms with Crippen LogP contribution in [-0.4, -0.2) is 29.9 Å². The van der Waals surface area contributed by atoms with Gasteiger partial charge in [-0.25, -0.2) is 0 Å². The van der Waals surface area contributed by atoms with E-state index < -0.39 is 0 Å². The van der Waals surface area contributed by atoms with Crippen molar-refractivity contribution >= 4 is 11.9 Å². The molecule has 0 aromatic heterocycles. The predicted molar refractivity (Wildman–Crippen MR) is 44.3 cm³/mol. The number of guanidine groups is 2. The van der Waals surface area contributed by atoms with Gasteiger partial charge < -0.3 is 16.4 Å². The van der Waals surface area contributed by atoms with Crippen LogP contribution in [0, 0.1) is 5.41 Å². The molecule has 62 valence electrons. The molecule has 0 aliphatic heterocycles. The third kappa shape index (κ3) is 2.10. The second kappa shape index (κ2) is 2.77. The molecule has 0 spiro atoms. The van der Waals surface area contributed by atoms with Crippen LogP contribution in [0.3, 0.4) is 0 Å². The van der Waals surface area contributed by atoms with Crippen LogP contribution in [0.25, 0.3) is 0 Å². The molecule has 5 N–H and O–H groups in total. The van der Waals surface area contributed by atoms with E-state index in [-0.39, 0.29) is 11.9 Å². The number of aliphatic imine (C=N–C) groups is 1. The van der Waals surface area contributed by atoms with Gasteiger partial charge >= 0.3 is 0 Å². The van der Waals surface area contributed by atoms with Crippen molar-refractivity contribution in [3.63, 3.8) is 0 Å². The highest BCUT2D eigenvalue weighted by Gasteiger charge is 2.27. The number of nitrogens with two attached hydrogens (primary N) is 2. The highest BCUT2D eigenvalue weighted by atomic mass is 15.3. The number of nitrogens with zero attached hydrogens (tertiary/aromatic N) is 2. The molecule has 0 amide bonds. The summed E-state index contributed by atoms with van der Waals surface area (Å²) in [5.74, 6) is 0.0926. The molecule has 0 bridgehead atoms. The van der Waals surface area contributed by atoms with Crippen molar-refractivity contribution in [2.24, 2.45) is 16.5 Å². The smallest absolute Gasteiger partial charge is 0.220 e. The van der Waals surface area contributed by atoms with Crippen LogP contribution in [-0.2, 0) is 0 Å². The van der Waals surface area contributed by atoms with Crippen molar-refractivity contribution in [3.8, 4) is 0 Å². The second-order valence-electron chi connectivity index (χ2n) is 2.70. The number of nitrogens with one attached hydrogen (secondary N) is 1. The summed E-state index contributed by atoms with van der Waals surface area (Å²) >= 11 is 0. The van der Waals surface area contributed by atoms with Crippen LogP contribution >= 0.6 is 0 Å². The topological polar surface area (TPSA) is 91.5 Å². The Balaban J connectivity index is 2.46. The molecule has 5 heteroatoms. The van der Waals surface area contributed by atoms with E-state index in [1.807, 2.05) is 7.05 Å². The van der Waals surface area contributed by atoms with E-state index in [1.54, 1.807) is 4.90 Å². The maximum atomic E-state index is 7.37. The maximum Gasteiger partial charge on any atom is 0.220 e. The van der Waals surface area contributed by atoms with Crippen LogP contribution in [0.1, 0.15) is 12.8 Å². The lowest BCUT2D eigenvalue weighted by Crippen LogP contribution is -2.31. The first-order chi connectivity index (χ1) is 5.11. The standard InChI is InChI=1S/C6H13N5/c1-11(4-2-3-4)6(9)10-5(7)8/h4H,2-3H2,1H3,(H5,7,8,9,10). The van der Waals surface area contributed by atoms with Gasteiger partial charge in [0.25, 0.3) is 0 Å². The van der Waals surface area contributed by atoms with E-state index in [9.17, 15) is 0 Å². The Bertz CT molecular complexity index is 189. The third-order valence-corrected chi connectivity index (χ3v) is 1.66. The largest absolute Gasteiger partial charge is 0.370 e. The van der Waals surface area contributed by atoms with Gasteiger partial charge in [-0.1, -0.05) is 0 Å². The first kappa shape index (κ1) is 7.84. The molecule has 0 atom stereocenters. The van der Waals surface area contributed by atoms with Crippen molar-refractivity contribution in [1.82, 2.24) is 4.90 Å². The molecular weight excluding hydrogens is 142 g/mol. The van der Waals surface area contributed by atoms with Gasteiger partial charge in [-0.3, -0.25) is 5.41 Å².